The van der Waals surface area contributed by atoms with E-state index in [0.29, 0.717) is 37.0 Å². The van der Waals surface area contributed by atoms with Gasteiger partial charge in [0.2, 0.25) is 5.13 Å². The maximum Gasteiger partial charge on any atom is 0.257 e. The Bertz CT molecular complexity index is 1430. The molecule has 0 aliphatic heterocycles. The van der Waals surface area contributed by atoms with E-state index in [-0.39, 0.29) is 23.2 Å². The number of anilines is 1. The molecule has 0 atom stereocenters. The van der Waals surface area contributed by atoms with E-state index in [2.05, 4.69) is 21.6 Å². The van der Waals surface area contributed by atoms with Gasteiger partial charge in [-0.05, 0) is 48.0 Å². The van der Waals surface area contributed by atoms with Gasteiger partial charge in [0.25, 0.3) is 5.91 Å². The zero-order valence-corrected chi connectivity index (χ0v) is 20.9. The molecule has 174 valence electrons. The van der Waals surface area contributed by atoms with Crippen molar-refractivity contribution in [1.29, 1.82) is 5.26 Å². The van der Waals surface area contributed by atoms with Crippen LogP contribution in [-0.4, -0.2) is 16.1 Å². The lowest BCUT2D eigenvalue weighted by atomic mass is 10.1. The van der Waals surface area contributed by atoms with E-state index >= 15 is 0 Å². The first kappa shape index (κ1) is 24.7. The summed E-state index contributed by atoms with van der Waals surface area (Å²) in [4.78, 5) is 12.4. The fourth-order valence-corrected chi connectivity index (χ4v) is 4.41. The Labute approximate surface area is 220 Å². The van der Waals surface area contributed by atoms with Crippen LogP contribution in [0, 0.1) is 11.3 Å². The number of hydrogen-bond donors (Lipinski definition) is 1. The van der Waals surface area contributed by atoms with Gasteiger partial charge in [0.1, 0.15) is 18.4 Å². The number of hydrogen-bond acceptors (Lipinski definition) is 6. The molecule has 0 saturated heterocycles. The first-order valence-corrected chi connectivity index (χ1v) is 12.1. The zero-order valence-electron chi connectivity index (χ0n) is 17.8. The molecule has 0 aliphatic rings. The van der Waals surface area contributed by atoms with Crippen LogP contribution in [0.15, 0.2) is 66.7 Å². The topological polar surface area (TPSA) is 87.9 Å². The number of aromatic nitrogens is 2. The molecule has 0 radical (unpaired) electrons. The molecule has 1 N–H and O–H groups in total. The highest BCUT2D eigenvalue weighted by molar-refractivity contribution is 7.16. The van der Waals surface area contributed by atoms with Gasteiger partial charge in [0, 0.05) is 21.2 Å². The van der Waals surface area contributed by atoms with Crippen molar-refractivity contribution in [3.63, 3.8) is 0 Å². The third kappa shape index (κ3) is 6.38. The third-order valence-corrected chi connectivity index (χ3v) is 6.29. The molecule has 0 bridgehead atoms. The van der Waals surface area contributed by atoms with Gasteiger partial charge in [-0.1, -0.05) is 76.5 Å². The van der Waals surface area contributed by atoms with E-state index in [9.17, 15) is 10.1 Å². The SMILES string of the molecule is N#C/C(=C/c1cc(Cl)cc(Cl)c1OCc1ccc(Cl)cc1)c1nnc(NC(=O)c2ccccc2)s1. The molecule has 0 spiro atoms. The van der Waals surface area contributed by atoms with Crippen molar-refractivity contribution in [3.8, 4) is 11.8 Å². The lowest BCUT2D eigenvalue weighted by molar-refractivity contribution is 0.102. The number of amides is 1. The summed E-state index contributed by atoms with van der Waals surface area (Å²) < 4.78 is 5.96. The lowest BCUT2D eigenvalue weighted by Gasteiger charge is -2.12. The van der Waals surface area contributed by atoms with Crippen LogP contribution in [-0.2, 0) is 6.61 Å². The highest BCUT2D eigenvalue weighted by Gasteiger charge is 2.16. The monoisotopic (exact) mass is 540 g/mol. The summed E-state index contributed by atoms with van der Waals surface area (Å²) >= 11 is 19.6. The van der Waals surface area contributed by atoms with Gasteiger partial charge in [-0.15, -0.1) is 10.2 Å². The molecule has 0 fully saturated rings. The fourth-order valence-electron chi connectivity index (χ4n) is 3.01. The van der Waals surface area contributed by atoms with Crippen LogP contribution >= 0.6 is 46.1 Å². The molecule has 3 aromatic carbocycles. The number of nitrogens with one attached hydrogen (secondary N) is 1. The summed E-state index contributed by atoms with van der Waals surface area (Å²) in [6.07, 6.45) is 1.57. The average molecular weight is 542 g/mol. The van der Waals surface area contributed by atoms with Crippen LogP contribution in [0.25, 0.3) is 11.6 Å². The van der Waals surface area contributed by atoms with Crippen LogP contribution in [0.2, 0.25) is 15.1 Å². The molecule has 1 heterocycles. The Morgan fingerprint density at radius 2 is 1.77 bits per heavy atom. The fraction of sp³-hybridized carbons (Fsp3) is 0.0400. The van der Waals surface area contributed by atoms with Crippen molar-refractivity contribution in [2.45, 2.75) is 6.61 Å². The van der Waals surface area contributed by atoms with E-state index in [1.165, 1.54) is 0 Å². The van der Waals surface area contributed by atoms with Gasteiger partial charge in [-0.2, -0.15) is 5.26 Å². The van der Waals surface area contributed by atoms with Gasteiger partial charge < -0.3 is 4.74 Å². The van der Waals surface area contributed by atoms with E-state index < -0.39 is 0 Å². The van der Waals surface area contributed by atoms with E-state index in [1.807, 2.05) is 18.2 Å². The van der Waals surface area contributed by atoms with Gasteiger partial charge in [-0.25, -0.2) is 0 Å². The standard InChI is InChI=1S/C25H15Cl3N4O2S/c26-19-8-6-15(7-9-19)14-34-22-17(11-20(27)12-21(22)28)10-18(13-29)24-31-32-25(35-24)30-23(33)16-4-2-1-3-5-16/h1-12H,14H2,(H,30,32,33)/b18-10-. The van der Waals surface area contributed by atoms with Crippen LogP contribution in [0.5, 0.6) is 5.75 Å². The minimum Gasteiger partial charge on any atom is -0.487 e. The molecular weight excluding hydrogens is 527 g/mol. The first-order valence-electron chi connectivity index (χ1n) is 10.1. The number of nitrogens with zero attached hydrogens (tertiary/aromatic N) is 3. The number of carbonyl (C=O) groups is 1. The first-order chi connectivity index (χ1) is 16.9. The van der Waals surface area contributed by atoms with Crippen molar-refractivity contribution in [3.05, 3.63) is 103 Å². The minimum atomic E-state index is -0.324. The highest BCUT2D eigenvalue weighted by Crippen LogP contribution is 2.36. The van der Waals surface area contributed by atoms with Crippen molar-refractivity contribution < 1.29 is 9.53 Å². The van der Waals surface area contributed by atoms with Crippen LogP contribution in [0.1, 0.15) is 26.5 Å². The van der Waals surface area contributed by atoms with Crippen molar-refractivity contribution in [2.75, 3.05) is 5.32 Å². The number of halogens is 3. The molecule has 35 heavy (non-hydrogen) atoms. The Hall–Kier alpha value is -3.41. The summed E-state index contributed by atoms with van der Waals surface area (Å²) in [6.45, 7) is 0.232. The maximum absolute atomic E-state index is 12.4. The molecule has 1 amide bonds. The molecule has 6 nitrogen and oxygen atoms in total. The molecule has 0 unspecified atom stereocenters. The predicted molar refractivity (Wildman–Crippen MR) is 140 cm³/mol. The Morgan fingerprint density at radius 3 is 2.49 bits per heavy atom. The molecule has 4 rings (SSSR count). The van der Waals surface area contributed by atoms with Crippen LogP contribution < -0.4 is 10.1 Å². The number of rotatable bonds is 7. The maximum atomic E-state index is 12.4. The smallest absolute Gasteiger partial charge is 0.257 e. The molecule has 0 aliphatic carbocycles. The minimum absolute atomic E-state index is 0.206. The van der Waals surface area contributed by atoms with Gasteiger partial charge in [0.15, 0.2) is 5.01 Å². The van der Waals surface area contributed by atoms with Crippen molar-refractivity contribution in [2.24, 2.45) is 0 Å². The van der Waals surface area contributed by atoms with Crippen LogP contribution in [0.3, 0.4) is 0 Å². The summed E-state index contributed by atoms with van der Waals surface area (Å²) in [7, 11) is 0. The Kier molecular flexibility index (Phi) is 8.01. The summed E-state index contributed by atoms with van der Waals surface area (Å²) in [5, 5.41) is 22.4. The van der Waals surface area contributed by atoms with Gasteiger partial charge in [-0.3, -0.25) is 10.1 Å². The predicted octanol–water partition coefficient (Wildman–Crippen LogP) is 7.39. The normalized spacial score (nSPS) is 11.1. The second-order valence-electron chi connectivity index (χ2n) is 7.12. The van der Waals surface area contributed by atoms with Gasteiger partial charge in [0.05, 0.1) is 10.6 Å². The molecule has 1 aromatic heterocycles. The van der Waals surface area contributed by atoms with E-state index in [1.54, 1.807) is 54.6 Å². The number of carbonyl (C=O) groups excluding carboxylic acids is 1. The lowest BCUT2D eigenvalue weighted by Crippen LogP contribution is -2.11. The third-order valence-electron chi connectivity index (χ3n) is 4.67. The average Bonchev–Trinajstić information content (AvgIpc) is 3.31. The van der Waals surface area contributed by atoms with Crippen molar-refractivity contribution >= 4 is 68.8 Å². The second-order valence-corrected chi connectivity index (χ2v) is 9.38. The number of allylic oxidation sites excluding steroid dienone is 1. The molecule has 0 saturated carbocycles. The number of benzene rings is 3. The number of nitriles is 1. The second kappa shape index (κ2) is 11.3. The summed E-state index contributed by atoms with van der Waals surface area (Å²) in [6, 6.07) is 21.2. The summed E-state index contributed by atoms with van der Waals surface area (Å²) in [5.74, 6) is 0.0381. The van der Waals surface area contributed by atoms with E-state index in [4.69, 9.17) is 39.5 Å². The molecule has 10 heteroatoms. The van der Waals surface area contributed by atoms with Crippen LogP contribution in [0.4, 0.5) is 5.13 Å². The quantitative estimate of drug-likeness (QED) is 0.246. The van der Waals surface area contributed by atoms with Crippen molar-refractivity contribution in [1.82, 2.24) is 10.2 Å². The molecule has 4 aromatic rings. The Balaban J connectivity index is 1.58. The van der Waals surface area contributed by atoms with E-state index in [0.717, 1.165) is 16.9 Å². The number of ether oxygens (including phenoxy) is 1. The Morgan fingerprint density at radius 1 is 1.03 bits per heavy atom. The van der Waals surface area contributed by atoms with Gasteiger partial charge >= 0.3 is 0 Å². The highest BCUT2D eigenvalue weighted by atomic mass is 35.5. The molecular formula is C25H15Cl3N4O2S. The zero-order chi connectivity index (χ0) is 24.8. The summed E-state index contributed by atoms with van der Waals surface area (Å²) in [5.41, 5.74) is 2.07. The largest absolute Gasteiger partial charge is 0.487 e.